The molecule has 19 heavy (non-hydrogen) atoms. The van der Waals surface area contributed by atoms with Gasteiger partial charge in [-0.25, -0.2) is 4.39 Å². The second kappa shape index (κ2) is 4.72. The van der Waals surface area contributed by atoms with Gasteiger partial charge < -0.3 is 14.9 Å². The van der Waals surface area contributed by atoms with Crippen molar-refractivity contribution in [2.45, 2.75) is 38.0 Å². The van der Waals surface area contributed by atoms with E-state index >= 15 is 0 Å². The van der Waals surface area contributed by atoms with Crippen molar-refractivity contribution in [2.75, 3.05) is 7.11 Å². The topological polar surface area (TPSA) is 66.8 Å². The van der Waals surface area contributed by atoms with E-state index in [4.69, 9.17) is 4.74 Å². The van der Waals surface area contributed by atoms with Crippen molar-refractivity contribution in [3.05, 3.63) is 23.0 Å². The van der Waals surface area contributed by atoms with E-state index in [0.717, 1.165) is 12.8 Å². The predicted molar refractivity (Wildman–Crippen MR) is 67.1 cm³/mol. The largest absolute Gasteiger partial charge is 0.502 e. The van der Waals surface area contributed by atoms with E-state index in [2.05, 4.69) is 0 Å². The Bertz CT molecular complexity index is 519. The molecule has 1 saturated carbocycles. The minimum Gasteiger partial charge on any atom is -0.502 e. The molecule has 1 aliphatic rings. The van der Waals surface area contributed by atoms with Gasteiger partial charge in [0.1, 0.15) is 0 Å². The van der Waals surface area contributed by atoms with Crippen molar-refractivity contribution in [2.24, 2.45) is 0 Å². The third-order valence-corrected chi connectivity index (χ3v) is 3.96. The first-order valence-electron chi connectivity index (χ1n) is 6.24. The maximum absolute atomic E-state index is 14.3. The van der Waals surface area contributed by atoms with Crippen molar-refractivity contribution in [3.8, 4) is 11.5 Å². The lowest BCUT2D eigenvalue weighted by Crippen LogP contribution is -2.33. The fourth-order valence-electron chi connectivity index (χ4n) is 2.94. The van der Waals surface area contributed by atoms with E-state index in [1.807, 2.05) is 0 Å². The van der Waals surface area contributed by atoms with Gasteiger partial charge in [-0.2, -0.15) is 0 Å². The molecule has 104 valence electrons. The van der Waals surface area contributed by atoms with Crippen LogP contribution in [-0.4, -0.2) is 23.3 Å². The number of carbonyl (C=O) groups is 1. The molecule has 1 fully saturated rings. The first-order valence-corrected chi connectivity index (χ1v) is 6.24. The smallest absolute Gasteiger partial charge is 0.314 e. The number of aryl methyl sites for hydroxylation is 1. The molecule has 0 spiro atoms. The lowest BCUT2D eigenvalue weighted by Gasteiger charge is -2.26. The zero-order valence-electron chi connectivity index (χ0n) is 11.0. The molecule has 0 atom stereocenters. The van der Waals surface area contributed by atoms with Crippen molar-refractivity contribution >= 4 is 5.97 Å². The molecule has 2 N–H and O–H groups in total. The third kappa shape index (κ3) is 1.93. The molecule has 0 amide bonds. The molecule has 1 aromatic rings. The van der Waals surface area contributed by atoms with Crippen LogP contribution < -0.4 is 4.74 Å². The average molecular weight is 268 g/mol. The number of phenols is 1. The number of aliphatic carboxylic acids is 1. The summed E-state index contributed by atoms with van der Waals surface area (Å²) in [4.78, 5) is 11.6. The van der Waals surface area contributed by atoms with Crippen LogP contribution in [0.15, 0.2) is 6.07 Å². The molecule has 0 saturated heterocycles. The van der Waals surface area contributed by atoms with E-state index in [0.29, 0.717) is 18.4 Å². The number of methoxy groups -OCH3 is 1. The molecule has 0 unspecified atom stereocenters. The quantitative estimate of drug-likeness (QED) is 0.884. The van der Waals surface area contributed by atoms with E-state index in [9.17, 15) is 19.4 Å². The fourth-order valence-corrected chi connectivity index (χ4v) is 2.94. The highest BCUT2D eigenvalue weighted by atomic mass is 19.1. The molecule has 4 nitrogen and oxygen atoms in total. The maximum atomic E-state index is 14.3. The van der Waals surface area contributed by atoms with Crippen molar-refractivity contribution < 1.29 is 24.1 Å². The summed E-state index contributed by atoms with van der Waals surface area (Å²) in [6, 6.07) is 1.48. The monoisotopic (exact) mass is 268 g/mol. The van der Waals surface area contributed by atoms with Crippen LogP contribution in [0.3, 0.4) is 0 Å². The van der Waals surface area contributed by atoms with Gasteiger partial charge in [-0.15, -0.1) is 0 Å². The molecule has 0 bridgehead atoms. The summed E-state index contributed by atoms with van der Waals surface area (Å²) in [7, 11) is 1.34. The average Bonchev–Trinajstić information content (AvgIpc) is 2.85. The highest BCUT2D eigenvalue weighted by Crippen LogP contribution is 2.46. The number of hydrogen-bond acceptors (Lipinski definition) is 3. The number of aromatic hydroxyl groups is 1. The van der Waals surface area contributed by atoms with Crippen LogP contribution in [0.5, 0.6) is 11.5 Å². The second-order valence-electron chi connectivity index (χ2n) is 5.03. The van der Waals surface area contributed by atoms with Crippen molar-refractivity contribution in [1.29, 1.82) is 0 Å². The van der Waals surface area contributed by atoms with Crippen LogP contribution in [-0.2, 0) is 10.2 Å². The molecule has 0 aromatic heterocycles. The Morgan fingerprint density at radius 2 is 2.00 bits per heavy atom. The molecule has 1 aliphatic carbocycles. The van der Waals surface area contributed by atoms with Crippen LogP contribution in [0.2, 0.25) is 0 Å². The van der Waals surface area contributed by atoms with Gasteiger partial charge in [0.25, 0.3) is 0 Å². The summed E-state index contributed by atoms with van der Waals surface area (Å²) in [5.41, 5.74) is -0.629. The van der Waals surface area contributed by atoms with Gasteiger partial charge in [-0.3, -0.25) is 4.79 Å². The molecule has 1 aromatic carbocycles. The van der Waals surface area contributed by atoms with E-state index in [1.54, 1.807) is 6.92 Å². The molecular weight excluding hydrogens is 251 g/mol. The number of carboxylic acids is 1. The summed E-state index contributed by atoms with van der Waals surface area (Å²) in [6.45, 7) is 1.66. The lowest BCUT2D eigenvalue weighted by molar-refractivity contribution is -0.143. The zero-order valence-corrected chi connectivity index (χ0v) is 11.0. The van der Waals surface area contributed by atoms with Gasteiger partial charge in [-0.1, -0.05) is 12.8 Å². The van der Waals surface area contributed by atoms with Crippen LogP contribution in [0, 0.1) is 12.7 Å². The van der Waals surface area contributed by atoms with Crippen molar-refractivity contribution in [3.63, 3.8) is 0 Å². The van der Waals surface area contributed by atoms with Crippen LogP contribution in [0.1, 0.15) is 36.8 Å². The van der Waals surface area contributed by atoms with E-state index < -0.39 is 23.0 Å². The second-order valence-corrected chi connectivity index (χ2v) is 5.03. The summed E-state index contributed by atoms with van der Waals surface area (Å²) < 4.78 is 19.2. The first kappa shape index (κ1) is 13.6. The summed E-state index contributed by atoms with van der Waals surface area (Å²) in [5, 5.41) is 19.3. The van der Waals surface area contributed by atoms with Crippen LogP contribution in [0.4, 0.5) is 4.39 Å². The van der Waals surface area contributed by atoms with E-state index in [1.165, 1.54) is 13.2 Å². The first-order chi connectivity index (χ1) is 8.94. The molecule has 5 heteroatoms. The normalized spacial score (nSPS) is 17.4. The minimum absolute atomic E-state index is 0.0554. The minimum atomic E-state index is -1.22. The number of rotatable bonds is 3. The highest BCUT2D eigenvalue weighted by Gasteiger charge is 2.45. The van der Waals surface area contributed by atoms with Crippen LogP contribution in [0.25, 0.3) is 0 Å². The number of carboxylic acid groups (broad SMARTS) is 1. The number of hydrogen-bond donors (Lipinski definition) is 2. The number of ether oxygens (including phenoxy) is 1. The Morgan fingerprint density at radius 3 is 2.47 bits per heavy atom. The van der Waals surface area contributed by atoms with Gasteiger partial charge in [0.15, 0.2) is 17.3 Å². The summed E-state index contributed by atoms with van der Waals surface area (Å²) in [6.07, 6.45) is 2.28. The Hall–Kier alpha value is -1.78. The number of halogens is 1. The number of phenolic OH excluding ortho intramolecular Hbond substituents is 1. The third-order valence-electron chi connectivity index (χ3n) is 3.96. The Morgan fingerprint density at radius 1 is 1.42 bits per heavy atom. The van der Waals surface area contributed by atoms with Gasteiger partial charge >= 0.3 is 5.97 Å². The Balaban J connectivity index is 2.65. The SMILES string of the molecule is COc1c(C)cc(C2(C(=O)O)CCCC2)c(F)c1O. The van der Waals surface area contributed by atoms with Gasteiger partial charge in [0.05, 0.1) is 12.5 Å². The highest BCUT2D eigenvalue weighted by molar-refractivity contribution is 5.82. The Kier molecular flexibility index (Phi) is 3.39. The zero-order chi connectivity index (χ0) is 14.2. The molecule has 0 radical (unpaired) electrons. The standard InChI is InChI=1S/C14H17FO4/c1-8-7-9(10(15)11(16)12(8)19-2)14(13(17)18)5-3-4-6-14/h7,16H,3-6H2,1-2H3,(H,17,18). The summed E-state index contributed by atoms with van der Waals surface area (Å²) >= 11 is 0. The van der Waals surface area contributed by atoms with Gasteiger partial charge in [0, 0.05) is 5.56 Å². The summed E-state index contributed by atoms with van der Waals surface area (Å²) in [5.74, 6) is -2.47. The van der Waals surface area contributed by atoms with Crippen LogP contribution >= 0.6 is 0 Å². The lowest BCUT2D eigenvalue weighted by atomic mass is 9.78. The Labute approximate surface area is 110 Å². The van der Waals surface area contributed by atoms with E-state index in [-0.39, 0.29) is 11.3 Å². The molecule has 0 aliphatic heterocycles. The predicted octanol–water partition coefficient (Wildman–Crippen LogP) is 2.74. The number of benzene rings is 1. The maximum Gasteiger partial charge on any atom is 0.314 e. The fraction of sp³-hybridized carbons (Fsp3) is 0.500. The van der Waals surface area contributed by atoms with Crippen molar-refractivity contribution in [1.82, 2.24) is 0 Å². The van der Waals surface area contributed by atoms with Gasteiger partial charge in [0.2, 0.25) is 0 Å². The molecule has 2 rings (SSSR count). The molecular formula is C14H17FO4. The van der Waals surface area contributed by atoms with Gasteiger partial charge in [-0.05, 0) is 31.4 Å². The molecule has 0 heterocycles.